The van der Waals surface area contributed by atoms with Crippen molar-refractivity contribution in [3.63, 3.8) is 0 Å². The second kappa shape index (κ2) is 3.81. The highest BCUT2D eigenvalue weighted by atomic mass is 16.1. The van der Waals surface area contributed by atoms with E-state index in [4.69, 9.17) is 0 Å². The van der Waals surface area contributed by atoms with E-state index in [1.54, 1.807) is 0 Å². The van der Waals surface area contributed by atoms with Crippen LogP contribution in [-0.2, 0) is 4.79 Å². The molecule has 1 saturated carbocycles. The third-order valence-corrected chi connectivity index (χ3v) is 4.17. The summed E-state index contributed by atoms with van der Waals surface area (Å²) >= 11 is 0. The molecule has 0 amide bonds. The van der Waals surface area contributed by atoms with Crippen molar-refractivity contribution in [2.45, 2.75) is 53.4 Å². The van der Waals surface area contributed by atoms with Gasteiger partial charge in [0.2, 0.25) is 0 Å². The van der Waals surface area contributed by atoms with E-state index in [9.17, 15) is 4.79 Å². The van der Waals surface area contributed by atoms with Crippen LogP contribution in [0.2, 0.25) is 0 Å². The normalized spacial score (nSPS) is 36.6. The molecule has 0 saturated heterocycles. The highest BCUT2D eigenvalue weighted by molar-refractivity contribution is 5.87. The third-order valence-electron chi connectivity index (χ3n) is 4.17. The zero-order valence-electron chi connectivity index (χ0n) is 9.39. The average Bonchev–Trinajstić information content (AvgIpc) is 2.35. The van der Waals surface area contributed by atoms with E-state index in [0.29, 0.717) is 17.6 Å². The molecule has 13 heavy (non-hydrogen) atoms. The first kappa shape index (κ1) is 10.7. The van der Waals surface area contributed by atoms with Crippen LogP contribution in [0.5, 0.6) is 0 Å². The molecule has 0 aromatic heterocycles. The Morgan fingerprint density at radius 2 is 2.23 bits per heavy atom. The Balaban J connectivity index is 2.77. The van der Waals surface area contributed by atoms with Crippen LogP contribution in [0.15, 0.2) is 0 Å². The van der Waals surface area contributed by atoms with Gasteiger partial charge in [-0.05, 0) is 18.3 Å². The maximum Gasteiger partial charge on any atom is 0.139 e. The number of carbonyl (C=O) groups is 1. The second-order valence-electron chi connectivity index (χ2n) is 4.84. The molecular formula is C12H22O. The third kappa shape index (κ3) is 1.66. The SMILES string of the molecule is CCCC(C)C1(C)C(=O)CCC1C. The van der Waals surface area contributed by atoms with Gasteiger partial charge in [0.1, 0.15) is 5.78 Å². The standard InChI is InChI=1S/C12H22O/c1-5-6-9(2)12(4)10(3)7-8-11(12)13/h9-10H,5-8H2,1-4H3. The van der Waals surface area contributed by atoms with Crippen molar-refractivity contribution in [3.05, 3.63) is 0 Å². The van der Waals surface area contributed by atoms with E-state index in [1.165, 1.54) is 12.8 Å². The Hall–Kier alpha value is -0.330. The van der Waals surface area contributed by atoms with Gasteiger partial charge in [0.25, 0.3) is 0 Å². The van der Waals surface area contributed by atoms with E-state index in [2.05, 4.69) is 27.7 Å². The predicted molar refractivity (Wildman–Crippen MR) is 55.6 cm³/mol. The fourth-order valence-electron chi connectivity index (χ4n) is 2.68. The molecule has 0 aromatic carbocycles. The van der Waals surface area contributed by atoms with Crippen LogP contribution >= 0.6 is 0 Å². The van der Waals surface area contributed by atoms with Crippen molar-refractivity contribution >= 4 is 5.78 Å². The monoisotopic (exact) mass is 182 g/mol. The zero-order valence-corrected chi connectivity index (χ0v) is 9.39. The predicted octanol–water partition coefficient (Wildman–Crippen LogP) is 3.43. The van der Waals surface area contributed by atoms with Crippen LogP contribution in [0.1, 0.15) is 53.4 Å². The van der Waals surface area contributed by atoms with Crippen LogP contribution in [0.4, 0.5) is 0 Å². The number of Topliss-reactive ketones (excluding diaryl/α,β-unsaturated/α-hetero) is 1. The quantitative estimate of drug-likeness (QED) is 0.653. The van der Waals surface area contributed by atoms with Gasteiger partial charge in [-0.1, -0.05) is 40.5 Å². The molecule has 1 heteroatoms. The number of ketones is 1. The van der Waals surface area contributed by atoms with Crippen LogP contribution in [0.25, 0.3) is 0 Å². The lowest BCUT2D eigenvalue weighted by Crippen LogP contribution is -2.34. The molecule has 3 unspecified atom stereocenters. The molecule has 3 atom stereocenters. The van der Waals surface area contributed by atoms with Crippen molar-refractivity contribution in [2.24, 2.45) is 17.3 Å². The van der Waals surface area contributed by atoms with Gasteiger partial charge < -0.3 is 0 Å². The highest BCUT2D eigenvalue weighted by Gasteiger charge is 2.46. The minimum absolute atomic E-state index is 0.0178. The Morgan fingerprint density at radius 3 is 2.62 bits per heavy atom. The van der Waals surface area contributed by atoms with Gasteiger partial charge in [0, 0.05) is 11.8 Å². The summed E-state index contributed by atoms with van der Waals surface area (Å²) in [6, 6.07) is 0. The largest absolute Gasteiger partial charge is 0.299 e. The van der Waals surface area contributed by atoms with Crippen molar-refractivity contribution in [2.75, 3.05) is 0 Å². The van der Waals surface area contributed by atoms with Gasteiger partial charge in [-0.15, -0.1) is 0 Å². The van der Waals surface area contributed by atoms with E-state index < -0.39 is 0 Å². The molecule has 1 aliphatic carbocycles. The minimum Gasteiger partial charge on any atom is -0.299 e. The fraction of sp³-hybridized carbons (Fsp3) is 0.917. The molecular weight excluding hydrogens is 160 g/mol. The Labute approximate surface area is 81.9 Å². The van der Waals surface area contributed by atoms with Crippen LogP contribution < -0.4 is 0 Å². The molecule has 76 valence electrons. The Kier molecular flexibility index (Phi) is 3.15. The number of hydrogen-bond acceptors (Lipinski definition) is 1. The van der Waals surface area contributed by atoms with Gasteiger partial charge in [-0.3, -0.25) is 4.79 Å². The summed E-state index contributed by atoms with van der Waals surface area (Å²) in [5.74, 6) is 1.64. The molecule has 0 radical (unpaired) electrons. The summed E-state index contributed by atoms with van der Waals surface area (Å²) in [6.45, 7) is 8.84. The van der Waals surface area contributed by atoms with Crippen LogP contribution in [-0.4, -0.2) is 5.78 Å². The van der Waals surface area contributed by atoms with Gasteiger partial charge in [0.15, 0.2) is 0 Å². The molecule has 1 rings (SSSR count). The summed E-state index contributed by atoms with van der Waals surface area (Å²) in [5, 5.41) is 0. The molecule has 1 nitrogen and oxygen atoms in total. The maximum atomic E-state index is 11.8. The lowest BCUT2D eigenvalue weighted by molar-refractivity contribution is -0.129. The highest BCUT2D eigenvalue weighted by Crippen LogP contribution is 2.46. The van der Waals surface area contributed by atoms with E-state index in [0.717, 1.165) is 12.8 Å². The lowest BCUT2D eigenvalue weighted by atomic mass is 9.69. The first-order valence-corrected chi connectivity index (χ1v) is 5.56. The molecule has 0 spiro atoms. The summed E-state index contributed by atoms with van der Waals surface area (Å²) in [6.07, 6.45) is 4.29. The number of carbonyl (C=O) groups excluding carboxylic acids is 1. The first-order valence-electron chi connectivity index (χ1n) is 5.56. The van der Waals surface area contributed by atoms with Gasteiger partial charge in [-0.25, -0.2) is 0 Å². The molecule has 0 N–H and O–H groups in total. The lowest BCUT2D eigenvalue weighted by Gasteiger charge is -2.34. The van der Waals surface area contributed by atoms with E-state index in [1.807, 2.05) is 0 Å². The summed E-state index contributed by atoms with van der Waals surface area (Å²) < 4.78 is 0. The smallest absolute Gasteiger partial charge is 0.139 e. The molecule has 1 fully saturated rings. The maximum absolute atomic E-state index is 11.8. The van der Waals surface area contributed by atoms with Crippen molar-refractivity contribution in [1.29, 1.82) is 0 Å². The van der Waals surface area contributed by atoms with Crippen LogP contribution in [0, 0.1) is 17.3 Å². The molecule has 0 bridgehead atoms. The molecule has 0 aromatic rings. The minimum atomic E-state index is -0.0178. The Bertz CT molecular complexity index is 197. The van der Waals surface area contributed by atoms with E-state index in [-0.39, 0.29) is 5.41 Å². The summed E-state index contributed by atoms with van der Waals surface area (Å²) in [5.41, 5.74) is -0.0178. The average molecular weight is 182 g/mol. The topological polar surface area (TPSA) is 17.1 Å². The second-order valence-corrected chi connectivity index (χ2v) is 4.84. The van der Waals surface area contributed by atoms with Crippen molar-refractivity contribution < 1.29 is 4.79 Å². The number of hydrogen-bond donors (Lipinski definition) is 0. The van der Waals surface area contributed by atoms with Gasteiger partial charge in [0.05, 0.1) is 0 Å². The summed E-state index contributed by atoms with van der Waals surface area (Å²) in [7, 11) is 0. The van der Waals surface area contributed by atoms with E-state index >= 15 is 0 Å². The van der Waals surface area contributed by atoms with Crippen molar-refractivity contribution in [3.8, 4) is 0 Å². The summed E-state index contributed by atoms with van der Waals surface area (Å²) in [4.78, 5) is 11.8. The fourth-order valence-corrected chi connectivity index (χ4v) is 2.68. The first-order chi connectivity index (χ1) is 6.03. The van der Waals surface area contributed by atoms with Crippen LogP contribution in [0.3, 0.4) is 0 Å². The Morgan fingerprint density at radius 1 is 1.62 bits per heavy atom. The number of rotatable bonds is 3. The molecule has 1 aliphatic rings. The van der Waals surface area contributed by atoms with Gasteiger partial charge in [-0.2, -0.15) is 0 Å². The molecule has 0 heterocycles. The van der Waals surface area contributed by atoms with Crippen molar-refractivity contribution in [1.82, 2.24) is 0 Å². The molecule has 0 aliphatic heterocycles. The van der Waals surface area contributed by atoms with Gasteiger partial charge >= 0.3 is 0 Å². The zero-order chi connectivity index (χ0) is 10.1.